The summed E-state index contributed by atoms with van der Waals surface area (Å²) in [4.78, 5) is 0. The van der Waals surface area contributed by atoms with E-state index in [2.05, 4.69) is 0 Å². The zero-order valence-corrected chi connectivity index (χ0v) is 8.75. The van der Waals surface area contributed by atoms with E-state index in [0.717, 1.165) is 11.1 Å². The molecular formula is C11H13ClN2. The van der Waals surface area contributed by atoms with Crippen molar-refractivity contribution in [3.8, 4) is 0 Å². The molecule has 0 saturated heterocycles. The highest BCUT2D eigenvalue weighted by atomic mass is 35.5. The van der Waals surface area contributed by atoms with Gasteiger partial charge in [0.15, 0.2) is 0 Å². The summed E-state index contributed by atoms with van der Waals surface area (Å²) in [6.07, 6.45) is 1.76. The first-order valence-corrected chi connectivity index (χ1v) is 4.63. The van der Waals surface area contributed by atoms with E-state index in [1.807, 2.05) is 37.3 Å². The van der Waals surface area contributed by atoms with E-state index in [1.165, 1.54) is 0 Å². The Morgan fingerprint density at radius 2 is 1.79 bits per heavy atom. The van der Waals surface area contributed by atoms with E-state index in [1.54, 1.807) is 6.08 Å². The van der Waals surface area contributed by atoms with Crippen LogP contribution in [0.25, 0.3) is 5.70 Å². The second-order valence-corrected chi connectivity index (χ2v) is 3.40. The van der Waals surface area contributed by atoms with Crippen LogP contribution in [0.4, 0.5) is 0 Å². The third-order valence-corrected chi connectivity index (χ3v) is 2.15. The van der Waals surface area contributed by atoms with Crippen molar-refractivity contribution in [3.05, 3.63) is 52.7 Å². The number of benzene rings is 1. The fraction of sp³-hybridized carbons (Fsp3) is 0.0909. The maximum atomic E-state index is 5.85. The van der Waals surface area contributed by atoms with E-state index >= 15 is 0 Å². The van der Waals surface area contributed by atoms with E-state index < -0.39 is 0 Å². The lowest BCUT2D eigenvalue weighted by atomic mass is 10.1. The zero-order chi connectivity index (χ0) is 10.6. The Morgan fingerprint density at radius 3 is 2.29 bits per heavy atom. The van der Waals surface area contributed by atoms with Gasteiger partial charge >= 0.3 is 0 Å². The molecule has 0 saturated carbocycles. The van der Waals surface area contributed by atoms with Crippen molar-refractivity contribution in [2.75, 3.05) is 0 Å². The largest absolute Gasteiger partial charge is 0.398 e. The van der Waals surface area contributed by atoms with Crippen LogP contribution in [0.5, 0.6) is 0 Å². The predicted octanol–water partition coefficient (Wildman–Crippen LogP) is 2.42. The van der Waals surface area contributed by atoms with Gasteiger partial charge in [-0.2, -0.15) is 0 Å². The van der Waals surface area contributed by atoms with E-state index in [-0.39, 0.29) is 5.16 Å². The molecule has 0 atom stereocenters. The summed E-state index contributed by atoms with van der Waals surface area (Å²) in [5.74, 6) is 0. The van der Waals surface area contributed by atoms with Crippen LogP contribution in [0.15, 0.2) is 47.1 Å². The molecule has 0 aliphatic rings. The molecule has 0 bridgehead atoms. The second-order valence-electron chi connectivity index (χ2n) is 3.00. The van der Waals surface area contributed by atoms with Crippen LogP contribution < -0.4 is 11.5 Å². The van der Waals surface area contributed by atoms with Crippen molar-refractivity contribution in [3.63, 3.8) is 0 Å². The van der Waals surface area contributed by atoms with Gasteiger partial charge in [-0.1, -0.05) is 41.9 Å². The molecule has 0 fully saturated rings. The highest BCUT2D eigenvalue weighted by molar-refractivity contribution is 6.29. The Bertz CT molecular complexity index is 362. The SMILES string of the molecule is CC(/C=C(\N)c1ccccc1)=C(/N)Cl. The zero-order valence-electron chi connectivity index (χ0n) is 8.00. The Balaban J connectivity index is 2.97. The quantitative estimate of drug-likeness (QED) is 0.579. The van der Waals surface area contributed by atoms with Gasteiger partial charge in [-0.15, -0.1) is 0 Å². The number of nitrogens with two attached hydrogens (primary N) is 2. The fourth-order valence-electron chi connectivity index (χ4n) is 1.02. The summed E-state index contributed by atoms with van der Waals surface area (Å²) in [7, 11) is 0. The minimum absolute atomic E-state index is 0.267. The predicted molar refractivity (Wildman–Crippen MR) is 61.3 cm³/mol. The average molecular weight is 209 g/mol. The van der Waals surface area contributed by atoms with Crippen LogP contribution in [0.3, 0.4) is 0 Å². The molecule has 0 aliphatic carbocycles. The third-order valence-electron chi connectivity index (χ3n) is 1.86. The van der Waals surface area contributed by atoms with Gasteiger partial charge in [0, 0.05) is 5.70 Å². The lowest BCUT2D eigenvalue weighted by molar-refractivity contribution is 1.38. The summed E-state index contributed by atoms with van der Waals surface area (Å²) >= 11 is 5.62. The number of halogens is 1. The topological polar surface area (TPSA) is 52.0 Å². The number of hydrogen-bond donors (Lipinski definition) is 2. The molecule has 0 heterocycles. The smallest absolute Gasteiger partial charge is 0.102 e. The van der Waals surface area contributed by atoms with E-state index in [0.29, 0.717) is 5.70 Å². The summed E-state index contributed by atoms with van der Waals surface area (Å²) in [6.45, 7) is 1.82. The van der Waals surface area contributed by atoms with Gasteiger partial charge in [0.1, 0.15) is 5.16 Å². The van der Waals surface area contributed by atoms with Crippen molar-refractivity contribution in [1.29, 1.82) is 0 Å². The highest BCUT2D eigenvalue weighted by Crippen LogP contribution is 2.12. The Kier molecular flexibility index (Phi) is 3.60. The standard InChI is InChI=1S/C11H13ClN2/c1-8(11(12)14)7-10(13)9-5-3-2-4-6-9/h2-7H,13-14H2,1H3/b10-7-,11-8-. The molecule has 14 heavy (non-hydrogen) atoms. The molecule has 0 radical (unpaired) electrons. The normalized spacial score (nSPS) is 13.7. The molecule has 0 aliphatic heterocycles. The van der Waals surface area contributed by atoms with Gasteiger partial charge in [0.25, 0.3) is 0 Å². The molecule has 0 amide bonds. The van der Waals surface area contributed by atoms with E-state index in [9.17, 15) is 0 Å². The average Bonchev–Trinajstić information content (AvgIpc) is 2.19. The molecule has 1 aromatic rings. The third kappa shape index (κ3) is 2.82. The van der Waals surface area contributed by atoms with Gasteiger partial charge < -0.3 is 11.5 Å². The second kappa shape index (κ2) is 4.72. The van der Waals surface area contributed by atoms with Gasteiger partial charge in [-0.05, 0) is 24.1 Å². The fourth-order valence-corrected chi connectivity index (χ4v) is 1.07. The summed E-state index contributed by atoms with van der Waals surface area (Å²) in [6, 6.07) is 9.67. The van der Waals surface area contributed by atoms with Crippen LogP contribution in [0, 0.1) is 0 Å². The van der Waals surface area contributed by atoms with Gasteiger partial charge in [-0.3, -0.25) is 0 Å². The van der Waals surface area contributed by atoms with E-state index in [4.69, 9.17) is 23.1 Å². The molecule has 2 nitrogen and oxygen atoms in total. The van der Waals surface area contributed by atoms with Crippen LogP contribution in [-0.4, -0.2) is 0 Å². The molecule has 0 spiro atoms. The number of allylic oxidation sites excluding steroid dienone is 2. The maximum Gasteiger partial charge on any atom is 0.102 e. The number of hydrogen-bond acceptors (Lipinski definition) is 2. The van der Waals surface area contributed by atoms with Gasteiger partial charge in [0.2, 0.25) is 0 Å². The van der Waals surface area contributed by atoms with Crippen LogP contribution >= 0.6 is 11.6 Å². The van der Waals surface area contributed by atoms with Crippen molar-refractivity contribution >= 4 is 17.3 Å². The minimum atomic E-state index is 0.267. The van der Waals surface area contributed by atoms with Crippen molar-refractivity contribution < 1.29 is 0 Å². The molecule has 0 aromatic heterocycles. The Labute approximate surface area is 88.9 Å². The van der Waals surface area contributed by atoms with Crippen LogP contribution in [0.1, 0.15) is 12.5 Å². The minimum Gasteiger partial charge on any atom is -0.398 e. The lowest BCUT2D eigenvalue weighted by Gasteiger charge is -2.01. The first-order valence-electron chi connectivity index (χ1n) is 4.25. The monoisotopic (exact) mass is 208 g/mol. The molecule has 74 valence electrons. The van der Waals surface area contributed by atoms with Crippen molar-refractivity contribution in [2.45, 2.75) is 6.92 Å². The van der Waals surface area contributed by atoms with Gasteiger partial charge in [0.05, 0.1) is 0 Å². The first-order chi connectivity index (χ1) is 6.61. The van der Waals surface area contributed by atoms with Gasteiger partial charge in [-0.25, -0.2) is 0 Å². The molecule has 1 rings (SSSR count). The molecule has 1 aromatic carbocycles. The Morgan fingerprint density at radius 1 is 1.21 bits per heavy atom. The Hall–Kier alpha value is -1.41. The van der Waals surface area contributed by atoms with Crippen LogP contribution in [0.2, 0.25) is 0 Å². The van der Waals surface area contributed by atoms with Crippen LogP contribution in [-0.2, 0) is 0 Å². The molecular weight excluding hydrogens is 196 g/mol. The maximum absolute atomic E-state index is 5.85. The highest BCUT2D eigenvalue weighted by Gasteiger charge is 1.96. The van der Waals surface area contributed by atoms with Crippen molar-refractivity contribution in [2.24, 2.45) is 11.5 Å². The summed E-state index contributed by atoms with van der Waals surface area (Å²) < 4.78 is 0. The molecule has 3 heteroatoms. The molecule has 0 unspecified atom stereocenters. The lowest BCUT2D eigenvalue weighted by Crippen LogP contribution is -1.98. The molecule has 4 N–H and O–H groups in total. The summed E-state index contributed by atoms with van der Waals surface area (Å²) in [5.41, 5.74) is 13.6. The van der Waals surface area contributed by atoms with Crippen molar-refractivity contribution in [1.82, 2.24) is 0 Å². The summed E-state index contributed by atoms with van der Waals surface area (Å²) in [5, 5.41) is 0.267. The number of rotatable bonds is 2. The first kappa shape index (κ1) is 10.7.